The van der Waals surface area contributed by atoms with Crippen LogP contribution in [0, 0.1) is 0 Å². The lowest BCUT2D eigenvalue weighted by Gasteiger charge is -2.17. The largest absolute Gasteiger partial charge is 0.377 e. The summed E-state index contributed by atoms with van der Waals surface area (Å²) in [6.07, 6.45) is 2.84. The first-order valence-electron chi connectivity index (χ1n) is 5.76. The minimum atomic E-state index is 0.412. The molecule has 1 heterocycles. The summed E-state index contributed by atoms with van der Waals surface area (Å²) in [6.45, 7) is 4.10. The fourth-order valence-electron chi connectivity index (χ4n) is 1.97. The van der Waals surface area contributed by atoms with Gasteiger partial charge in [0.1, 0.15) is 0 Å². The minimum absolute atomic E-state index is 0.412. The first kappa shape index (κ1) is 10.7. The molecule has 15 heavy (non-hydrogen) atoms. The van der Waals surface area contributed by atoms with Crippen molar-refractivity contribution in [3.8, 4) is 0 Å². The number of hydrogen-bond donors (Lipinski definition) is 1. The predicted molar refractivity (Wildman–Crippen MR) is 61.8 cm³/mol. The van der Waals surface area contributed by atoms with Crippen molar-refractivity contribution in [3.63, 3.8) is 0 Å². The van der Waals surface area contributed by atoms with E-state index in [2.05, 4.69) is 42.6 Å². The van der Waals surface area contributed by atoms with Crippen LogP contribution in [0.5, 0.6) is 0 Å². The summed E-state index contributed by atoms with van der Waals surface area (Å²) in [4.78, 5) is 0. The molecule has 1 aliphatic rings. The second-order valence-corrected chi connectivity index (χ2v) is 4.18. The molecule has 0 radical (unpaired) electrons. The number of rotatable bonds is 4. The third-order valence-electron chi connectivity index (χ3n) is 2.98. The standard InChI is InChI=1S/C13H19NO/c1-11(12-6-3-2-4-7-12)14-10-13-8-5-9-15-13/h2-4,6-7,11,13-14H,5,8-10H2,1H3/t11-,13?/m1/s1. The Bertz CT molecular complexity index is 280. The molecule has 1 saturated heterocycles. The Morgan fingerprint density at radius 3 is 2.87 bits per heavy atom. The van der Waals surface area contributed by atoms with Crippen molar-refractivity contribution < 1.29 is 4.74 Å². The monoisotopic (exact) mass is 205 g/mol. The molecule has 0 amide bonds. The Hall–Kier alpha value is -0.860. The lowest BCUT2D eigenvalue weighted by Crippen LogP contribution is -2.28. The van der Waals surface area contributed by atoms with Gasteiger partial charge in [-0.05, 0) is 25.3 Å². The summed E-state index contributed by atoms with van der Waals surface area (Å²) in [7, 11) is 0. The molecule has 2 atom stereocenters. The molecule has 2 nitrogen and oxygen atoms in total. The Labute approximate surface area is 91.6 Å². The van der Waals surface area contributed by atoms with E-state index in [0.717, 1.165) is 13.2 Å². The molecule has 0 spiro atoms. The molecule has 0 saturated carbocycles. The van der Waals surface area contributed by atoms with Gasteiger partial charge in [0.2, 0.25) is 0 Å². The zero-order valence-electron chi connectivity index (χ0n) is 9.28. The molecule has 1 aromatic rings. The molecule has 0 aliphatic carbocycles. The second-order valence-electron chi connectivity index (χ2n) is 4.18. The average molecular weight is 205 g/mol. The van der Waals surface area contributed by atoms with Crippen molar-refractivity contribution in [1.82, 2.24) is 5.32 Å². The van der Waals surface area contributed by atoms with Gasteiger partial charge in [-0.15, -0.1) is 0 Å². The first-order valence-corrected chi connectivity index (χ1v) is 5.76. The maximum Gasteiger partial charge on any atom is 0.0700 e. The minimum Gasteiger partial charge on any atom is -0.377 e. The molecule has 1 aliphatic heterocycles. The van der Waals surface area contributed by atoms with E-state index < -0.39 is 0 Å². The van der Waals surface area contributed by atoms with Gasteiger partial charge in [-0.1, -0.05) is 30.3 Å². The highest BCUT2D eigenvalue weighted by Crippen LogP contribution is 2.14. The highest BCUT2D eigenvalue weighted by molar-refractivity contribution is 5.17. The quantitative estimate of drug-likeness (QED) is 0.815. The molecule has 1 N–H and O–H groups in total. The Kier molecular flexibility index (Phi) is 3.75. The Morgan fingerprint density at radius 2 is 2.20 bits per heavy atom. The molecule has 0 aromatic heterocycles. The van der Waals surface area contributed by atoms with Crippen LogP contribution in [-0.2, 0) is 4.74 Å². The van der Waals surface area contributed by atoms with Crippen LogP contribution in [0.3, 0.4) is 0 Å². The van der Waals surface area contributed by atoms with Gasteiger partial charge in [0.25, 0.3) is 0 Å². The van der Waals surface area contributed by atoms with Gasteiger partial charge >= 0.3 is 0 Å². The van der Waals surface area contributed by atoms with Crippen molar-refractivity contribution in [2.75, 3.05) is 13.2 Å². The lowest BCUT2D eigenvalue weighted by atomic mass is 10.1. The molecule has 82 valence electrons. The highest BCUT2D eigenvalue weighted by atomic mass is 16.5. The third kappa shape index (κ3) is 3.05. The van der Waals surface area contributed by atoms with E-state index in [0.29, 0.717) is 12.1 Å². The van der Waals surface area contributed by atoms with E-state index in [1.807, 2.05) is 0 Å². The van der Waals surface area contributed by atoms with E-state index in [9.17, 15) is 0 Å². The molecule has 1 unspecified atom stereocenters. The van der Waals surface area contributed by atoms with Crippen molar-refractivity contribution >= 4 is 0 Å². The summed E-state index contributed by atoms with van der Waals surface area (Å²) in [5, 5.41) is 3.52. The van der Waals surface area contributed by atoms with Crippen molar-refractivity contribution in [3.05, 3.63) is 35.9 Å². The smallest absolute Gasteiger partial charge is 0.0700 e. The van der Waals surface area contributed by atoms with Crippen molar-refractivity contribution in [1.29, 1.82) is 0 Å². The van der Waals surface area contributed by atoms with Crippen LogP contribution in [0.2, 0.25) is 0 Å². The van der Waals surface area contributed by atoms with Gasteiger partial charge in [-0.2, -0.15) is 0 Å². The van der Waals surface area contributed by atoms with Crippen LogP contribution in [-0.4, -0.2) is 19.3 Å². The summed E-state index contributed by atoms with van der Waals surface area (Å²) < 4.78 is 5.58. The average Bonchev–Trinajstić information content (AvgIpc) is 2.80. The van der Waals surface area contributed by atoms with Gasteiger partial charge in [-0.3, -0.25) is 0 Å². The maximum atomic E-state index is 5.58. The van der Waals surface area contributed by atoms with E-state index in [4.69, 9.17) is 4.74 Å². The van der Waals surface area contributed by atoms with Crippen LogP contribution in [0.1, 0.15) is 31.4 Å². The van der Waals surface area contributed by atoms with Crippen LogP contribution in [0.4, 0.5) is 0 Å². The van der Waals surface area contributed by atoms with Gasteiger partial charge in [-0.25, -0.2) is 0 Å². The summed E-state index contributed by atoms with van der Waals surface area (Å²) in [6, 6.07) is 10.9. The number of hydrogen-bond acceptors (Lipinski definition) is 2. The van der Waals surface area contributed by atoms with Gasteiger partial charge < -0.3 is 10.1 Å². The van der Waals surface area contributed by atoms with Crippen LogP contribution in [0.25, 0.3) is 0 Å². The Balaban J connectivity index is 1.79. The van der Waals surface area contributed by atoms with Crippen LogP contribution < -0.4 is 5.32 Å². The molecule has 1 fully saturated rings. The maximum absolute atomic E-state index is 5.58. The predicted octanol–water partition coefficient (Wildman–Crippen LogP) is 2.52. The molecule has 1 aromatic carbocycles. The van der Waals surface area contributed by atoms with Crippen molar-refractivity contribution in [2.45, 2.75) is 31.9 Å². The van der Waals surface area contributed by atoms with Gasteiger partial charge in [0.05, 0.1) is 6.10 Å². The number of nitrogens with one attached hydrogen (secondary N) is 1. The van der Waals surface area contributed by atoms with E-state index >= 15 is 0 Å². The third-order valence-corrected chi connectivity index (χ3v) is 2.98. The highest BCUT2D eigenvalue weighted by Gasteiger charge is 2.16. The number of ether oxygens (including phenoxy) is 1. The zero-order valence-corrected chi connectivity index (χ0v) is 9.28. The fraction of sp³-hybridized carbons (Fsp3) is 0.538. The molecule has 2 heteroatoms. The summed E-state index contributed by atoms with van der Waals surface area (Å²) in [5.74, 6) is 0. The SMILES string of the molecule is C[C@@H](NCC1CCCO1)c1ccccc1. The molecular formula is C13H19NO. The van der Waals surface area contributed by atoms with Crippen LogP contribution in [0.15, 0.2) is 30.3 Å². The second kappa shape index (κ2) is 5.29. The lowest BCUT2D eigenvalue weighted by molar-refractivity contribution is 0.108. The van der Waals surface area contributed by atoms with Gasteiger partial charge in [0, 0.05) is 19.2 Å². The topological polar surface area (TPSA) is 21.3 Å². The van der Waals surface area contributed by atoms with Crippen molar-refractivity contribution in [2.24, 2.45) is 0 Å². The zero-order chi connectivity index (χ0) is 10.5. The fourth-order valence-corrected chi connectivity index (χ4v) is 1.97. The summed E-state index contributed by atoms with van der Waals surface area (Å²) >= 11 is 0. The first-order chi connectivity index (χ1) is 7.36. The van der Waals surface area contributed by atoms with Crippen LogP contribution >= 0.6 is 0 Å². The van der Waals surface area contributed by atoms with Gasteiger partial charge in [0.15, 0.2) is 0 Å². The van der Waals surface area contributed by atoms with E-state index in [1.54, 1.807) is 0 Å². The number of benzene rings is 1. The molecule has 2 rings (SSSR count). The summed E-state index contributed by atoms with van der Waals surface area (Å²) in [5.41, 5.74) is 1.34. The normalized spacial score (nSPS) is 22.9. The van der Waals surface area contributed by atoms with E-state index in [-0.39, 0.29) is 0 Å². The Morgan fingerprint density at radius 1 is 1.40 bits per heavy atom. The van der Waals surface area contributed by atoms with E-state index in [1.165, 1.54) is 18.4 Å². The molecule has 0 bridgehead atoms. The molecular weight excluding hydrogens is 186 g/mol.